The van der Waals surface area contributed by atoms with Crippen molar-refractivity contribution in [3.8, 4) is 0 Å². The monoisotopic (exact) mass is 300 g/mol. The van der Waals surface area contributed by atoms with Gasteiger partial charge in [-0.15, -0.1) is 23.2 Å². The maximum Gasteiger partial charge on any atom is 0.328 e. The Morgan fingerprint density at radius 2 is 1.57 bits per heavy atom. The highest BCUT2D eigenvalue weighted by atomic mass is 35.5. The van der Waals surface area contributed by atoms with Crippen molar-refractivity contribution < 1.29 is 13.6 Å². The van der Waals surface area contributed by atoms with Gasteiger partial charge in [0.15, 0.2) is 5.56 Å². The Morgan fingerprint density at radius 1 is 1.14 bits per heavy atom. The summed E-state index contributed by atoms with van der Waals surface area (Å²) >= 11 is 21.7. The molecule has 0 aliphatic carbocycles. The molecule has 0 aliphatic rings. The first-order valence-electron chi connectivity index (χ1n) is 3.95. The predicted octanol–water partition coefficient (Wildman–Crippen LogP) is 3.67. The van der Waals surface area contributed by atoms with Crippen LogP contribution in [0.15, 0.2) is 0 Å². The van der Waals surface area contributed by atoms with E-state index >= 15 is 0 Å². The van der Waals surface area contributed by atoms with Crippen LogP contribution in [0.4, 0.5) is 0 Å². The van der Waals surface area contributed by atoms with Crippen molar-refractivity contribution in [1.82, 2.24) is 0 Å². The van der Waals surface area contributed by atoms with Gasteiger partial charge in [0.1, 0.15) is 4.84 Å². The average molecular weight is 302 g/mol. The topological polar surface area (TPSA) is 27.7 Å². The molecule has 0 amide bonds. The van der Waals surface area contributed by atoms with Gasteiger partial charge in [0.25, 0.3) is 0 Å². The minimum Gasteiger partial charge on any atom is -0.309 e. The molecule has 0 saturated carbocycles. The number of hydrogen-bond acceptors (Lipinski definition) is 4. The molecule has 1 atom stereocenters. The third kappa shape index (κ3) is 6.09. The molecule has 0 rings (SSSR count). The quantitative estimate of drug-likeness (QED) is 0.530. The smallest absolute Gasteiger partial charge is 0.309 e. The molecule has 0 unspecified atom stereocenters. The highest BCUT2D eigenvalue weighted by Crippen LogP contribution is 2.52. The van der Waals surface area contributed by atoms with Crippen LogP contribution in [0, 0.1) is 0 Å². The van der Waals surface area contributed by atoms with Crippen LogP contribution in [0.1, 0.15) is 13.8 Å². The highest BCUT2D eigenvalue weighted by Gasteiger charge is 2.27. The normalized spacial score (nSPS) is 14.7. The highest BCUT2D eigenvalue weighted by molar-refractivity contribution is 8.07. The summed E-state index contributed by atoms with van der Waals surface area (Å²) in [5.74, 6) is 0. The van der Waals surface area contributed by atoms with Crippen LogP contribution in [-0.4, -0.2) is 23.6 Å². The lowest BCUT2D eigenvalue weighted by Gasteiger charge is -2.23. The molecule has 86 valence electrons. The van der Waals surface area contributed by atoms with Crippen LogP contribution in [0.25, 0.3) is 0 Å². The van der Waals surface area contributed by atoms with E-state index in [1.54, 1.807) is 13.8 Å². The van der Waals surface area contributed by atoms with Gasteiger partial charge in [-0.05, 0) is 25.7 Å². The maximum atomic E-state index is 5.69. The Morgan fingerprint density at radius 3 is 1.86 bits per heavy atom. The van der Waals surface area contributed by atoms with Crippen molar-refractivity contribution in [1.29, 1.82) is 0 Å². The van der Waals surface area contributed by atoms with E-state index in [4.69, 9.17) is 60.2 Å². The van der Waals surface area contributed by atoms with Gasteiger partial charge >= 0.3 is 6.72 Å². The predicted molar refractivity (Wildman–Crippen MR) is 63.8 cm³/mol. The second-order valence-corrected chi connectivity index (χ2v) is 6.63. The first kappa shape index (κ1) is 15.4. The molecule has 3 nitrogen and oxygen atoms in total. The van der Waals surface area contributed by atoms with Crippen molar-refractivity contribution in [3.05, 3.63) is 0 Å². The van der Waals surface area contributed by atoms with Crippen LogP contribution in [0.3, 0.4) is 0 Å². The minimum absolute atomic E-state index is 0.385. The fourth-order valence-electron chi connectivity index (χ4n) is 0.584. The molecule has 8 heteroatoms. The van der Waals surface area contributed by atoms with Gasteiger partial charge in [-0.1, -0.05) is 11.6 Å². The van der Waals surface area contributed by atoms with Gasteiger partial charge in [0.05, 0.1) is 13.2 Å². The Labute approximate surface area is 104 Å². The molecule has 0 aromatic carbocycles. The summed E-state index contributed by atoms with van der Waals surface area (Å²) in [6.45, 7) is 1.54. The van der Waals surface area contributed by atoms with Crippen molar-refractivity contribution in [2.75, 3.05) is 13.2 Å². The molecule has 0 heterocycles. The summed E-state index contributed by atoms with van der Waals surface area (Å²) in [5.41, 5.74) is -0.928. The molecule has 0 N–H and O–H groups in total. The van der Waals surface area contributed by atoms with Crippen molar-refractivity contribution in [2.24, 2.45) is 0 Å². The van der Waals surface area contributed by atoms with Crippen molar-refractivity contribution >= 4 is 53.3 Å². The first-order chi connectivity index (χ1) is 6.45. The largest absolute Gasteiger partial charge is 0.328 e. The number of rotatable bonds is 7. The summed E-state index contributed by atoms with van der Waals surface area (Å²) in [7, 11) is 0. The van der Waals surface area contributed by atoms with Crippen molar-refractivity contribution in [2.45, 2.75) is 24.2 Å². The summed E-state index contributed by atoms with van der Waals surface area (Å²) in [6, 6.07) is 0. The van der Waals surface area contributed by atoms with Gasteiger partial charge in [0.2, 0.25) is 0 Å². The van der Waals surface area contributed by atoms with Crippen LogP contribution < -0.4 is 0 Å². The molecule has 0 radical (unpaired) electrons. The minimum atomic E-state index is -2.80. The van der Waals surface area contributed by atoms with Gasteiger partial charge in [-0.2, -0.15) is 0 Å². The third-order valence-corrected chi connectivity index (χ3v) is 4.71. The Bertz CT molecular complexity index is 195. The fourth-order valence-corrected chi connectivity index (χ4v) is 3.39. The molecule has 0 spiro atoms. The Kier molecular flexibility index (Phi) is 8.40. The molecule has 0 aromatic rings. The Hall–Kier alpha value is 1.40. The molecule has 0 bridgehead atoms. The Balaban J connectivity index is 4.28. The maximum absolute atomic E-state index is 5.69. The molecule has 0 aliphatic heterocycles. The molecule has 0 aromatic heterocycles. The fraction of sp³-hybridized carbons (Fsp3) is 1.00. The van der Waals surface area contributed by atoms with E-state index in [-0.39, 0.29) is 0 Å². The van der Waals surface area contributed by atoms with E-state index in [1.165, 1.54) is 0 Å². The van der Waals surface area contributed by atoms with Crippen LogP contribution in [0.5, 0.6) is 0 Å². The number of halogens is 3. The lowest BCUT2D eigenvalue weighted by atomic mass is 10.8. The third-order valence-electron chi connectivity index (χ3n) is 1.00. The van der Waals surface area contributed by atoms with E-state index in [1.807, 2.05) is 0 Å². The zero-order valence-corrected chi connectivity index (χ0v) is 11.8. The van der Waals surface area contributed by atoms with E-state index < -0.39 is 17.1 Å². The van der Waals surface area contributed by atoms with Gasteiger partial charge in [0, 0.05) is 0 Å². The lowest BCUT2D eigenvalue weighted by molar-refractivity contribution is 0.158. The van der Waals surface area contributed by atoms with E-state index in [2.05, 4.69) is 0 Å². The van der Waals surface area contributed by atoms with Crippen LogP contribution >= 0.6 is 41.5 Å². The summed E-state index contributed by atoms with van der Waals surface area (Å²) < 4.78 is 15.5. The zero-order chi connectivity index (χ0) is 11.2. The molecular weight excluding hydrogens is 289 g/mol. The van der Waals surface area contributed by atoms with E-state index in [9.17, 15) is 0 Å². The summed E-state index contributed by atoms with van der Waals surface area (Å²) in [6.07, 6.45) is 0. The second kappa shape index (κ2) is 7.64. The van der Waals surface area contributed by atoms with E-state index in [0.29, 0.717) is 13.2 Å². The van der Waals surface area contributed by atoms with Gasteiger partial charge in [-0.25, -0.2) is 0 Å². The van der Waals surface area contributed by atoms with Crippen LogP contribution in [-0.2, 0) is 25.4 Å². The van der Waals surface area contributed by atoms with Crippen LogP contribution in [0.2, 0.25) is 0 Å². The molecular formula is C6H12Cl3O3PS. The van der Waals surface area contributed by atoms with Gasteiger partial charge in [-0.3, -0.25) is 4.52 Å². The standard InChI is InChI=1S/C6H12Cl3O3PS/c1-3-10-13(14,11-4-2)12-6(9)5(7)8/h5-6H,3-4H2,1-2H3/t6-/m1/s1. The summed E-state index contributed by atoms with van der Waals surface area (Å²) in [5, 5.41) is 0. The lowest BCUT2D eigenvalue weighted by Crippen LogP contribution is -2.13. The zero-order valence-electron chi connectivity index (χ0n) is 7.78. The number of alkyl halides is 3. The second-order valence-electron chi connectivity index (χ2n) is 2.07. The average Bonchev–Trinajstić information content (AvgIpc) is 2.04. The molecule has 0 fully saturated rings. The molecule has 0 saturated heterocycles. The molecule has 14 heavy (non-hydrogen) atoms. The SMILES string of the molecule is CCOP(=S)(OCC)O[C@@H](Cl)C(Cl)Cl. The van der Waals surface area contributed by atoms with E-state index in [0.717, 1.165) is 0 Å². The number of hydrogen-bond donors (Lipinski definition) is 0. The van der Waals surface area contributed by atoms with Gasteiger partial charge < -0.3 is 9.05 Å². The first-order valence-corrected chi connectivity index (χ1v) is 7.81. The van der Waals surface area contributed by atoms with Crippen molar-refractivity contribution in [3.63, 3.8) is 0 Å². The summed E-state index contributed by atoms with van der Waals surface area (Å²) in [4.78, 5) is -0.875.